The Balaban J connectivity index is 1.63. The fourth-order valence-corrected chi connectivity index (χ4v) is 9.48. The van der Waals surface area contributed by atoms with Gasteiger partial charge in [-0.2, -0.15) is 0 Å². The zero-order valence-corrected chi connectivity index (χ0v) is 38.2. The Morgan fingerprint density at radius 2 is 1.79 bits per heavy atom. The lowest BCUT2D eigenvalue weighted by molar-refractivity contribution is -0.302. The molecule has 3 aliphatic rings. The lowest BCUT2D eigenvalue weighted by Crippen LogP contribution is -2.60. The van der Waals surface area contributed by atoms with Gasteiger partial charge < -0.3 is 48.0 Å². The topological polar surface area (TPSA) is 157 Å². The largest absolute Gasteiger partial charge is 0.509 e. The fourth-order valence-electron chi connectivity index (χ4n) is 9.29. The Bertz CT molecular complexity index is 1820. The number of aliphatic hydroxyl groups is 1. The first-order valence-corrected chi connectivity index (χ1v) is 21.7. The molecule has 1 N–H and O–H groups in total. The summed E-state index contributed by atoms with van der Waals surface area (Å²) in [4.78, 5) is 39.8. The molecule has 0 amide bonds. The number of cyclic esters (lactones) is 1. The molecular formula is C46H66ClN3O11. The second-order valence-corrected chi connectivity index (χ2v) is 17.9. The van der Waals surface area contributed by atoms with E-state index in [1.54, 1.807) is 39.4 Å². The molecule has 338 valence electrons. The van der Waals surface area contributed by atoms with Crippen LogP contribution in [0.1, 0.15) is 85.8 Å². The van der Waals surface area contributed by atoms with Crippen LogP contribution in [0.3, 0.4) is 0 Å². The summed E-state index contributed by atoms with van der Waals surface area (Å²) in [6.45, 7) is 15.3. The minimum Gasteiger partial charge on any atom is -0.458 e. The number of aromatic nitrogens is 1. The molecule has 3 aliphatic heterocycles. The van der Waals surface area contributed by atoms with Gasteiger partial charge in [-0.25, -0.2) is 4.79 Å². The highest BCUT2D eigenvalue weighted by molar-refractivity contribution is 6.31. The number of oxime groups is 1. The summed E-state index contributed by atoms with van der Waals surface area (Å²) in [5.74, 6) is -3.00. The molecule has 3 fully saturated rings. The van der Waals surface area contributed by atoms with E-state index in [9.17, 15) is 14.7 Å². The van der Waals surface area contributed by atoms with Crippen LogP contribution in [-0.4, -0.2) is 121 Å². The van der Waals surface area contributed by atoms with Crippen molar-refractivity contribution in [1.29, 1.82) is 0 Å². The van der Waals surface area contributed by atoms with Crippen LogP contribution in [-0.2, 0) is 49.4 Å². The molecule has 3 saturated heterocycles. The summed E-state index contributed by atoms with van der Waals surface area (Å²) in [6, 6.07) is 10.9. The number of ether oxygens (including phenoxy) is 7. The number of halogens is 1. The summed E-state index contributed by atoms with van der Waals surface area (Å²) in [5, 5.41) is 17.1. The number of fused-ring (bicyclic) bond motifs is 1. The lowest BCUT2D eigenvalue weighted by atomic mass is 9.73. The Morgan fingerprint density at radius 1 is 1.05 bits per heavy atom. The van der Waals surface area contributed by atoms with Gasteiger partial charge in [0.25, 0.3) is 0 Å². The normalized spacial score (nSPS) is 37.2. The quantitative estimate of drug-likeness (QED) is 0.166. The molecule has 5 rings (SSSR count). The number of benzene rings is 1. The van der Waals surface area contributed by atoms with Crippen molar-refractivity contribution in [1.82, 2.24) is 9.88 Å². The number of hydrogen-bond donors (Lipinski definition) is 1. The monoisotopic (exact) mass is 871 g/mol. The van der Waals surface area contributed by atoms with Crippen LogP contribution < -0.4 is 0 Å². The number of likely N-dealkylation sites (N-methyl/N-ethyl adjacent to an activating group) is 1. The van der Waals surface area contributed by atoms with Gasteiger partial charge in [-0.05, 0) is 78.7 Å². The van der Waals surface area contributed by atoms with Gasteiger partial charge in [0.05, 0.1) is 42.1 Å². The SMILES string of the molecule is CC[C@H]1OC(=O)[C@H](C)[C@@H](OC/C=C/c2cccnc2)[C@H](C)[C@@H](O[C@@H]2O[C@H](C)C[C@H](N(C)C)[C@H]2O)[C@](C)(OC)C[C@@H](C)/C(=N\OCc2ccccc2Cl)[C@H](C)[C@H]2OC(=O)O[C@@]21C. The number of carbonyl (C=O) groups excluding carboxylic acids is 2. The first-order chi connectivity index (χ1) is 28.9. The van der Waals surface area contributed by atoms with Gasteiger partial charge in [0.2, 0.25) is 0 Å². The Hall–Kier alpha value is -3.63. The first kappa shape index (κ1) is 48.4. The first-order valence-electron chi connectivity index (χ1n) is 21.4. The number of methoxy groups -OCH3 is 1. The summed E-state index contributed by atoms with van der Waals surface area (Å²) in [7, 11) is 5.44. The highest BCUT2D eigenvalue weighted by Crippen LogP contribution is 2.43. The minimum atomic E-state index is -1.40. The molecule has 4 heterocycles. The highest BCUT2D eigenvalue weighted by atomic mass is 35.5. The third-order valence-electron chi connectivity index (χ3n) is 12.7. The molecule has 14 nitrogen and oxygen atoms in total. The second-order valence-electron chi connectivity index (χ2n) is 17.5. The Labute approximate surface area is 366 Å². The van der Waals surface area contributed by atoms with Gasteiger partial charge in [0, 0.05) is 53.9 Å². The molecule has 0 saturated carbocycles. The average Bonchev–Trinajstić information content (AvgIpc) is 3.55. The number of hydrogen-bond acceptors (Lipinski definition) is 14. The molecule has 14 atom stereocenters. The van der Waals surface area contributed by atoms with Gasteiger partial charge in [-0.1, -0.05) is 80.9 Å². The molecule has 0 aliphatic carbocycles. The number of nitrogens with zero attached hydrogens (tertiary/aromatic N) is 3. The summed E-state index contributed by atoms with van der Waals surface area (Å²) >= 11 is 6.48. The molecule has 61 heavy (non-hydrogen) atoms. The minimum absolute atomic E-state index is 0.0780. The van der Waals surface area contributed by atoms with Crippen molar-refractivity contribution in [2.45, 2.75) is 141 Å². The third kappa shape index (κ3) is 11.3. The zero-order chi connectivity index (χ0) is 44.6. The van der Waals surface area contributed by atoms with Crippen molar-refractivity contribution in [2.24, 2.45) is 28.8 Å². The van der Waals surface area contributed by atoms with Gasteiger partial charge in [0.1, 0.15) is 18.8 Å². The third-order valence-corrected chi connectivity index (χ3v) is 13.1. The maximum absolute atomic E-state index is 14.5. The Morgan fingerprint density at radius 3 is 2.44 bits per heavy atom. The smallest absolute Gasteiger partial charge is 0.458 e. The molecule has 0 bridgehead atoms. The molecule has 0 unspecified atom stereocenters. The summed E-state index contributed by atoms with van der Waals surface area (Å²) < 4.78 is 44.8. The van der Waals surface area contributed by atoms with Gasteiger partial charge >= 0.3 is 12.1 Å². The van der Waals surface area contributed by atoms with Crippen LogP contribution in [0, 0.1) is 23.7 Å². The summed E-state index contributed by atoms with van der Waals surface area (Å²) in [5.41, 5.74) is -0.363. The number of aliphatic hydroxyl groups excluding tert-OH is 1. The van der Waals surface area contributed by atoms with Crippen molar-refractivity contribution in [2.75, 3.05) is 27.8 Å². The Kier molecular flexibility index (Phi) is 16.8. The van der Waals surface area contributed by atoms with Crippen LogP contribution in [0.2, 0.25) is 5.02 Å². The van der Waals surface area contributed by atoms with Crippen molar-refractivity contribution < 1.29 is 52.7 Å². The molecule has 1 aromatic carbocycles. The van der Waals surface area contributed by atoms with E-state index in [0.717, 1.165) is 11.1 Å². The van der Waals surface area contributed by atoms with Crippen molar-refractivity contribution >= 4 is 35.5 Å². The van der Waals surface area contributed by atoms with E-state index in [4.69, 9.17) is 54.8 Å². The second kappa shape index (κ2) is 21.2. The van der Waals surface area contributed by atoms with Crippen molar-refractivity contribution in [3.8, 4) is 0 Å². The number of pyridine rings is 1. The van der Waals surface area contributed by atoms with Gasteiger partial charge in [0.15, 0.2) is 18.0 Å². The molecule has 0 radical (unpaired) electrons. The van der Waals surface area contributed by atoms with E-state index in [0.29, 0.717) is 30.0 Å². The molecule has 0 spiro atoms. The summed E-state index contributed by atoms with van der Waals surface area (Å²) in [6.07, 6.45) is 1.74. The van der Waals surface area contributed by atoms with Gasteiger partial charge in [-0.3, -0.25) is 9.78 Å². The lowest BCUT2D eigenvalue weighted by Gasteiger charge is -2.48. The van der Waals surface area contributed by atoms with Crippen molar-refractivity contribution in [3.05, 3.63) is 71.0 Å². The fraction of sp³-hybridized carbons (Fsp3) is 0.652. The molecular weight excluding hydrogens is 806 g/mol. The van der Waals surface area contributed by atoms with E-state index in [1.807, 2.05) is 103 Å². The van der Waals surface area contributed by atoms with Crippen LogP contribution in [0.5, 0.6) is 0 Å². The number of esters is 1. The van der Waals surface area contributed by atoms with Crippen LogP contribution >= 0.6 is 11.6 Å². The highest BCUT2D eigenvalue weighted by Gasteiger charge is 2.59. The van der Waals surface area contributed by atoms with E-state index < -0.39 is 83.8 Å². The van der Waals surface area contributed by atoms with Crippen LogP contribution in [0.15, 0.2) is 60.0 Å². The van der Waals surface area contributed by atoms with E-state index in [1.165, 1.54) is 0 Å². The predicted molar refractivity (Wildman–Crippen MR) is 231 cm³/mol. The molecule has 2 aromatic rings. The number of rotatable bonds is 12. The van der Waals surface area contributed by atoms with Crippen molar-refractivity contribution in [3.63, 3.8) is 0 Å². The van der Waals surface area contributed by atoms with E-state index >= 15 is 0 Å². The number of carbonyl (C=O) groups is 2. The predicted octanol–water partition coefficient (Wildman–Crippen LogP) is 7.49. The molecule has 15 heteroatoms. The van der Waals surface area contributed by atoms with Gasteiger partial charge in [-0.15, -0.1) is 0 Å². The van der Waals surface area contributed by atoms with E-state index in [2.05, 4.69) is 4.98 Å². The van der Waals surface area contributed by atoms with Crippen LogP contribution in [0.25, 0.3) is 6.08 Å². The standard InChI is InChI=1S/C46H66ClN3O11/c1-12-36-46(8)41(60-44(53)61-46)29(4)37(49-56-26-33-19-13-14-20-34(33)47)27(2)24-45(7,54-11)40(59-43-38(51)35(50(9)10)23-28(3)57-43)30(5)39(31(6)42(52)58-36)55-22-16-18-32-17-15-21-48-25-32/h13-21,25,27-31,35-36,38-41,43,51H,12,22-24,26H2,1-11H3/b18-16+,49-37+/t27-,28-,29+,30+,31-,35+,36-,38-,39+,40-,41-,43+,45-,46-/m1/s1. The van der Waals surface area contributed by atoms with E-state index in [-0.39, 0.29) is 25.4 Å². The maximum Gasteiger partial charge on any atom is 0.509 e. The maximum atomic E-state index is 14.5. The average molecular weight is 872 g/mol. The van der Waals surface area contributed by atoms with Crippen LogP contribution in [0.4, 0.5) is 4.79 Å². The molecule has 1 aromatic heterocycles. The zero-order valence-electron chi connectivity index (χ0n) is 37.5.